The Hall–Kier alpha value is -1.41. The fourth-order valence-corrected chi connectivity index (χ4v) is 3.30. The van der Waals surface area contributed by atoms with Gasteiger partial charge in [-0.2, -0.15) is 9.82 Å². The molecule has 8 heteroatoms. The van der Waals surface area contributed by atoms with Gasteiger partial charge >= 0.3 is 5.97 Å². The van der Waals surface area contributed by atoms with Crippen LogP contribution in [0.1, 0.15) is 31.2 Å². The van der Waals surface area contributed by atoms with Crippen molar-refractivity contribution in [3.8, 4) is 0 Å². The SMILES string of the molecule is CCCC(NS(=O)(=O)c1c(C)n[nH]c1C)C(=O)O. The van der Waals surface area contributed by atoms with Gasteiger partial charge in [0.2, 0.25) is 10.0 Å². The lowest BCUT2D eigenvalue weighted by molar-refractivity contribution is -0.139. The standard InChI is InChI=1S/C10H17N3O4S/c1-4-5-8(10(14)15)13-18(16,17)9-6(2)11-12-7(9)3/h8,13H,4-5H2,1-3H3,(H,11,12)(H,14,15). The van der Waals surface area contributed by atoms with Crippen molar-refractivity contribution in [3.05, 3.63) is 11.4 Å². The number of rotatable bonds is 6. The average molecular weight is 275 g/mol. The van der Waals surface area contributed by atoms with Crippen molar-refractivity contribution in [2.75, 3.05) is 0 Å². The van der Waals surface area contributed by atoms with Crippen molar-refractivity contribution in [1.29, 1.82) is 0 Å². The molecule has 0 spiro atoms. The number of hydrogen-bond donors (Lipinski definition) is 3. The van der Waals surface area contributed by atoms with E-state index in [0.29, 0.717) is 17.8 Å². The topological polar surface area (TPSA) is 112 Å². The first kappa shape index (κ1) is 14.7. The van der Waals surface area contributed by atoms with Crippen LogP contribution in [0.3, 0.4) is 0 Å². The molecule has 0 saturated heterocycles. The van der Waals surface area contributed by atoms with Crippen LogP contribution in [0.4, 0.5) is 0 Å². The molecule has 1 aromatic heterocycles. The summed E-state index contributed by atoms with van der Waals surface area (Å²) in [6.07, 6.45) is 0.813. The van der Waals surface area contributed by atoms with Crippen molar-refractivity contribution in [3.63, 3.8) is 0 Å². The number of carboxylic acid groups (broad SMARTS) is 1. The molecule has 7 nitrogen and oxygen atoms in total. The quantitative estimate of drug-likeness (QED) is 0.702. The minimum absolute atomic E-state index is 0.0184. The van der Waals surface area contributed by atoms with Crippen LogP contribution in [0, 0.1) is 13.8 Å². The molecule has 102 valence electrons. The lowest BCUT2D eigenvalue weighted by Gasteiger charge is -2.13. The lowest BCUT2D eigenvalue weighted by Crippen LogP contribution is -2.40. The molecule has 1 unspecified atom stereocenters. The van der Waals surface area contributed by atoms with Crippen molar-refractivity contribution < 1.29 is 18.3 Å². The van der Waals surface area contributed by atoms with Gasteiger partial charge in [0.15, 0.2) is 0 Å². The molecule has 1 aromatic rings. The van der Waals surface area contributed by atoms with Gasteiger partial charge in [-0.1, -0.05) is 13.3 Å². The molecule has 1 rings (SSSR count). The van der Waals surface area contributed by atoms with E-state index in [1.54, 1.807) is 20.8 Å². The highest BCUT2D eigenvalue weighted by Crippen LogP contribution is 2.17. The molecule has 0 saturated carbocycles. The van der Waals surface area contributed by atoms with Crippen molar-refractivity contribution in [1.82, 2.24) is 14.9 Å². The van der Waals surface area contributed by atoms with Crippen LogP contribution in [0.2, 0.25) is 0 Å². The van der Waals surface area contributed by atoms with Crippen molar-refractivity contribution in [2.24, 2.45) is 0 Å². The first-order valence-electron chi connectivity index (χ1n) is 5.56. The summed E-state index contributed by atoms with van der Waals surface area (Å²) in [6.45, 7) is 4.91. The van der Waals surface area contributed by atoms with Gasteiger partial charge in [0, 0.05) is 0 Å². The Balaban J connectivity index is 3.05. The molecule has 0 fully saturated rings. The van der Waals surface area contributed by atoms with E-state index in [1.165, 1.54) is 0 Å². The van der Waals surface area contributed by atoms with E-state index in [1.807, 2.05) is 0 Å². The summed E-state index contributed by atoms with van der Waals surface area (Å²) in [4.78, 5) is 11.0. The van der Waals surface area contributed by atoms with Gasteiger partial charge in [0.1, 0.15) is 10.9 Å². The highest BCUT2D eigenvalue weighted by molar-refractivity contribution is 7.89. The molecule has 3 N–H and O–H groups in total. The Kier molecular flexibility index (Phi) is 4.47. The smallest absolute Gasteiger partial charge is 0.321 e. The fourth-order valence-electron chi connectivity index (χ4n) is 1.70. The number of hydrogen-bond acceptors (Lipinski definition) is 4. The molecule has 0 aliphatic rings. The molecule has 0 amide bonds. The highest BCUT2D eigenvalue weighted by Gasteiger charge is 2.28. The summed E-state index contributed by atoms with van der Waals surface area (Å²) in [5.41, 5.74) is 0.710. The zero-order chi connectivity index (χ0) is 13.9. The summed E-state index contributed by atoms with van der Waals surface area (Å²) < 4.78 is 26.4. The third-order valence-corrected chi connectivity index (χ3v) is 4.24. The number of carbonyl (C=O) groups is 1. The Morgan fingerprint density at radius 2 is 2.11 bits per heavy atom. The zero-order valence-electron chi connectivity index (χ0n) is 10.5. The minimum Gasteiger partial charge on any atom is -0.480 e. The molecule has 0 aromatic carbocycles. The number of aromatic amines is 1. The number of aliphatic carboxylic acids is 1. The summed E-state index contributed by atoms with van der Waals surface area (Å²) in [5.74, 6) is -1.18. The third-order valence-electron chi connectivity index (χ3n) is 2.50. The van der Waals surface area contributed by atoms with Crippen LogP contribution < -0.4 is 4.72 Å². The van der Waals surface area contributed by atoms with Crippen LogP contribution in [0.15, 0.2) is 4.90 Å². The first-order valence-corrected chi connectivity index (χ1v) is 7.04. The third kappa shape index (κ3) is 3.08. The van der Waals surface area contributed by atoms with Crippen LogP contribution in [0.25, 0.3) is 0 Å². The molecule has 18 heavy (non-hydrogen) atoms. The predicted molar refractivity (Wildman–Crippen MR) is 64.7 cm³/mol. The van der Waals surface area contributed by atoms with Gasteiger partial charge in [-0.3, -0.25) is 9.89 Å². The normalized spacial score (nSPS) is 13.5. The maximum Gasteiger partial charge on any atom is 0.321 e. The molecule has 0 aliphatic carbocycles. The van der Waals surface area contributed by atoms with E-state index >= 15 is 0 Å². The van der Waals surface area contributed by atoms with Crippen LogP contribution in [-0.2, 0) is 14.8 Å². The summed E-state index contributed by atoms with van der Waals surface area (Å²) >= 11 is 0. The molecule has 0 radical (unpaired) electrons. The van der Waals surface area contributed by atoms with E-state index in [2.05, 4.69) is 14.9 Å². The highest BCUT2D eigenvalue weighted by atomic mass is 32.2. The molecule has 1 heterocycles. The van der Waals surface area contributed by atoms with E-state index in [-0.39, 0.29) is 11.3 Å². The second-order valence-corrected chi connectivity index (χ2v) is 5.71. The molecular formula is C10H17N3O4S. The summed E-state index contributed by atoms with van der Waals surface area (Å²) in [7, 11) is -3.87. The Labute approximate surface area is 106 Å². The van der Waals surface area contributed by atoms with Crippen LogP contribution >= 0.6 is 0 Å². The fraction of sp³-hybridized carbons (Fsp3) is 0.600. The zero-order valence-corrected chi connectivity index (χ0v) is 11.3. The van der Waals surface area contributed by atoms with E-state index < -0.39 is 22.0 Å². The molecular weight excluding hydrogens is 258 g/mol. The average Bonchev–Trinajstić information content (AvgIpc) is 2.58. The number of nitrogens with one attached hydrogen (secondary N) is 2. The molecule has 0 bridgehead atoms. The number of carboxylic acids is 1. The minimum atomic E-state index is -3.87. The van der Waals surface area contributed by atoms with Crippen molar-refractivity contribution in [2.45, 2.75) is 44.6 Å². The number of nitrogens with zero attached hydrogens (tertiary/aromatic N) is 1. The maximum atomic E-state index is 12.1. The second kappa shape index (κ2) is 5.49. The van der Waals surface area contributed by atoms with Crippen molar-refractivity contribution >= 4 is 16.0 Å². The molecule has 1 atom stereocenters. The van der Waals surface area contributed by atoms with Gasteiger partial charge in [-0.15, -0.1) is 0 Å². The monoisotopic (exact) mass is 275 g/mol. The Morgan fingerprint density at radius 1 is 1.50 bits per heavy atom. The number of aryl methyl sites for hydroxylation is 2. The molecule has 0 aliphatic heterocycles. The first-order chi connectivity index (χ1) is 8.29. The summed E-state index contributed by atoms with van der Waals surface area (Å²) in [6, 6.07) is -1.12. The van der Waals surface area contributed by atoms with E-state index in [4.69, 9.17) is 5.11 Å². The van der Waals surface area contributed by atoms with E-state index in [9.17, 15) is 13.2 Å². The second-order valence-electron chi connectivity index (χ2n) is 4.06. The van der Waals surface area contributed by atoms with Gasteiger partial charge < -0.3 is 5.11 Å². The number of H-pyrrole nitrogens is 1. The number of sulfonamides is 1. The largest absolute Gasteiger partial charge is 0.480 e. The van der Waals surface area contributed by atoms with Gasteiger partial charge in [0.05, 0.1) is 11.4 Å². The Bertz CT molecular complexity index is 516. The predicted octanol–water partition coefficient (Wildman–Crippen LogP) is 0.558. The number of aromatic nitrogens is 2. The van der Waals surface area contributed by atoms with Gasteiger partial charge in [-0.25, -0.2) is 8.42 Å². The maximum absolute atomic E-state index is 12.1. The lowest BCUT2D eigenvalue weighted by atomic mass is 10.2. The Morgan fingerprint density at radius 3 is 2.50 bits per heavy atom. The van der Waals surface area contributed by atoms with Crippen LogP contribution in [-0.4, -0.2) is 35.7 Å². The van der Waals surface area contributed by atoms with Gasteiger partial charge in [-0.05, 0) is 20.3 Å². The van der Waals surface area contributed by atoms with Gasteiger partial charge in [0.25, 0.3) is 0 Å². The van der Waals surface area contributed by atoms with E-state index in [0.717, 1.165) is 0 Å². The summed E-state index contributed by atoms with van der Waals surface area (Å²) in [5, 5.41) is 15.3. The van der Waals surface area contributed by atoms with Crippen LogP contribution in [0.5, 0.6) is 0 Å².